The molecule has 74 valence electrons. The summed E-state index contributed by atoms with van der Waals surface area (Å²) in [6.45, 7) is 5.74. The molecule has 0 bridgehead atoms. The first-order valence-electron chi connectivity index (χ1n) is 3.99. The van der Waals surface area contributed by atoms with E-state index >= 15 is 0 Å². The SMILES string of the molecule is C#CCN(C)NC(=O)OC(C)(C)C. The van der Waals surface area contributed by atoms with E-state index < -0.39 is 11.7 Å². The summed E-state index contributed by atoms with van der Waals surface area (Å²) in [5.74, 6) is 2.39. The van der Waals surface area contributed by atoms with Crippen molar-refractivity contribution in [2.75, 3.05) is 13.6 Å². The quantitative estimate of drug-likeness (QED) is 0.514. The van der Waals surface area contributed by atoms with Gasteiger partial charge in [-0.1, -0.05) is 5.92 Å². The van der Waals surface area contributed by atoms with Gasteiger partial charge in [-0.15, -0.1) is 6.42 Å². The molecule has 0 fully saturated rings. The zero-order chi connectivity index (χ0) is 10.5. The van der Waals surface area contributed by atoms with Gasteiger partial charge in [-0.2, -0.15) is 0 Å². The van der Waals surface area contributed by atoms with Crippen molar-refractivity contribution in [1.29, 1.82) is 0 Å². The molecule has 4 nitrogen and oxygen atoms in total. The summed E-state index contributed by atoms with van der Waals surface area (Å²) in [6.07, 6.45) is 4.55. The first kappa shape index (κ1) is 11.8. The molecule has 13 heavy (non-hydrogen) atoms. The lowest BCUT2D eigenvalue weighted by atomic mass is 10.2. The lowest BCUT2D eigenvalue weighted by Gasteiger charge is -2.22. The van der Waals surface area contributed by atoms with Crippen molar-refractivity contribution >= 4 is 6.09 Å². The van der Waals surface area contributed by atoms with Crippen molar-refractivity contribution in [3.05, 3.63) is 0 Å². The average molecular weight is 184 g/mol. The standard InChI is InChI=1S/C9H16N2O2/c1-6-7-11(5)10-8(12)13-9(2,3)4/h1H,7H2,2-5H3,(H,10,12). The number of terminal acetylenes is 1. The summed E-state index contributed by atoms with van der Waals surface area (Å²) in [4.78, 5) is 11.1. The first-order chi connectivity index (χ1) is 5.85. The zero-order valence-corrected chi connectivity index (χ0v) is 8.55. The van der Waals surface area contributed by atoms with E-state index in [0.717, 1.165) is 0 Å². The monoisotopic (exact) mass is 184 g/mol. The summed E-state index contributed by atoms with van der Waals surface area (Å²) in [5, 5.41) is 1.48. The van der Waals surface area contributed by atoms with E-state index in [-0.39, 0.29) is 0 Å². The van der Waals surface area contributed by atoms with Gasteiger partial charge in [0.1, 0.15) is 5.60 Å². The van der Waals surface area contributed by atoms with Gasteiger partial charge in [-0.25, -0.2) is 9.80 Å². The Morgan fingerprint density at radius 3 is 2.54 bits per heavy atom. The molecule has 1 N–H and O–H groups in total. The van der Waals surface area contributed by atoms with Gasteiger partial charge in [0.05, 0.1) is 6.54 Å². The minimum atomic E-state index is -0.495. The Balaban J connectivity index is 3.83. The molecule has 0 atom stereocenters. The number of hydrazine groups is 1. The molecule has 0 aliphatic rings. The second-order valence-electron chi connectivity index (χ2n) is 3.67. The Morgan fingerprint density at radius 1 is 1.62 bits per heavy atom. The Bertz CT molecular complexity index is 213. The van der Waals surface area contributed by atoms with Crippen LogP contribution in [-0.2, 0) is 4.74 Å². The fraction of sp³-hybridized carbons (Fsp3) is 0.667. The lowest BCUT2D eigenvalue weighted by molar-refractivity contribution is 0.0385. The second kappa shape index (κ2) is 4.73. The van der Waals surface area contributed by atoms with Gasteiger partial charge in [0.15, 0.2) is 0 Å². The first-order valence-corrected chi connectivity index (χ1v) is 3.99. The maximum atomic E-state index is 11.1. The molecule has 0 unspecified atom stereocenters. The molecule has 0 aliphatic heterocycles. The van der Waals surface area contributed by atoms with E-state index in [1.807, 2.05) is 0 Å². The highest BCUT2D eigenvalue weighted by molar-refractivity contribution is 5.67. The maximum Gasteiger partial charge on any atom is 0.422 e. The van der Waals surface area contributed by atoms with Gasteiger partial charge in [0.25, 0.3) is 0 Å². The van der Waals surface area contributed by atoms with E-state index in [2.05, 4.69) is 11.3 Å². The minimum Gasteiger partial charge on any atom is -0.443 e. The van der Waals surface area contributed by atoms with Gasteiger partial charge in [-0.3, -0.25) is 5.43 Å². The number of hydrogen-bond acceptors (Lipinski definition) is 3. The average Bonchev–Trinajstić information content (AvgIpc) is 1.81. The van der Waals surface area contributed by atoms with Gasteiger partial charge < -0.3 is 4.74 Å². The molecule has 0 heterocycles. The Labute approximate surface area is 79.2 Å². The largest absolute Gasteiger partial charge is 0.443 e. The Kier molecular flexibility index (Phi) is 4.29. The van der Waals surface area contributed by atoms with Crippen LogP contribution in [0, 0.1) is 12.3 Å². The molecular formula is C9H16N2O2. The fourth-order valence-corrected chi connectivity index (χ4v) is 0.633. The molecule has 1 amide bonds. The van der Waals surface area contributed by atoms with E-state index in [9.17, 15) is 4.79 Å². The molecular weight excluding hydrogens is 168 g/mol. The zero-order valence-electron chi connectivity index (χ0n) is 8.55. The Hall–Kier alpha value is -1.21. The van der Waals surface area contributed by atoms with Crippen LogP contribution in [0.1, 0.15) is 20.8 Å². The molecule has 0 aromatic carbocycles. The third kappa shape index (κ3) is 7.16. The third-order valence-corrected chi connectivity index (χ3v) is 1.01. The van der Waals surface area contributed by atoms with Crippen LogP contribution in [0.5, 0.6) is 0 Å². The van der Waals surface area contributed by atoms with Gasteiger partial charge in [0.2, 0.25) is 0 Å². The normalized spacial score (nSPS) is 10.8. The number of nitrogens with zero attached hydrogens (tertiary/aromatic N) is 1. The fourth-order valence-electron chi connectivity index (χ4n) is 0.633. The third-order valence-electron chi connectivity index (χ3n) is 1.01. The molecule has 0 rings (SSSR count). The molecule has 0 aromatic rings. The molecule has 0 spiro atoms. The van der Waals surface area contributed by atoms with Gasteiger partial charge >= 0.3 is 6.09 Å². The van der Waals surface area contributed by atoms with Crippen molar-refractivity contribution in [2.24, 2.45) is 0 Å². The van der Waals surface area contributed by atoms with Gasteiger partial charge in [-0.05, 0) is 20.8 Å². The van der Waals surface area contributed by atoms with Crippen LogP contribution >= 0.6 is 0 Å². The number of rotatable bonds is 2. The van der Waals surface area contributed by atoms with E-state index in [1.165, 1.54) is 5.01 Å². The van der Waals surface area contributed by atoms with Crippen molar-refractivity contribution in [1.82, 2.24) is 10.4 Å². The van der Waals surface area contributed by atoms with Crippen LogP contribution < -0.4 is 5.43 Å². The predicted molar refractivity (Wildman–Crippen MR) is 50.8 cm³/mol. The summed E-state index contributed by atoms with van der Waals surface area (Å²) in [5.41, 5.74) is 1.98. The number of hydrogen-bond donors (Lipinski definition) is 1. The molecule has 0 saturated heterocycles. The molecule has 0 aliphatic carbocycles. The van der Waals surface area contributed by atoms with Crippen molar-refractivity contribution in [3.63, 3.8) is 0 Å². The van der Waals surface area contributed by atoms with Crippen molar-refractivity contribution < 1.29 is 9.53 Å². The van der Waals surface area contributed by atoms with Crippen LogP contribution in [0.25, 0.3) is 0 Å². The molecule has 4 heteroatoms. The van der Waals surface area contributed by atoms with E-state index in [4.69, 9.17) is 11.2 Å². The molecule has 0 radical (unpaired) electrons. The summed E-state index contributed by atoms with van der Waals surface area (Å²) < 4.78 is 4.99. The van der Waals surface area contributed by atoms with Crippen LogP contribution in [-0.4, -0.2) is 30.3 Å². The van der Waals surface area contributed by atoms with Crippen LogP contribution in [0.4, 0.5) is 4.79 Å². The number of nitrogens with one attached hydrogen (secondary N) is 1. The number of ether oxygens (including phenoxy) is 1. The maximum absolute atomic E-state index is 11.1. The summed E-state index contributed by atoms with van der Waals surface area (Å²) >= 11 is 0. The lowest BCUT2D eigenvalue weighted by Crippen LogP contribution is -2.42. The van der Waals surface area contributed by atoms with Crippen molar-refractivity contribution in [2.45, 2.75) is 26.4 Å². The molecule has 0 saturated carbocycles. The van der Waals surface area contributed by atoms with Gasteiger partial charge in [0, 0.05) is 7.05 Å². The topological polar surface area (TPSA) is 41.6 Å². The van der Waals surface area contributed by atoms with Crippen LogP contribution in [0.15, 0.2) is 0 Å². The minimum absolute atomic E-state index is 0.346. The highest BCUT2D eigenvalue weighted by Gasteiger charge is 2.16. The predicted octanol–water partition coefficient (Wildman–Crippen LogP) is 0.991. The number of amides is 1. The van der Waals surface area contributed by atoms with E-state index in [0.29, 0.717) is 6.54 Å². The van der Waals surface area contributed by atoms with Crippen LogP contribution in [0.3, 0.4) is 0 Å². The Morgan fingerprint density at radius 2 is 2.15 bits per heavy atom. The number of carbonyl (C=O) groups excluding carboxylic acids is 1. The summed E-state index contributed by atoms with van der Waals surface area (Å²) in [7, 11) is 1.67. The highest BCUT2D eigenvalue weighted by Crippen LogP contribution is 2.06. The van der Waals surface area contributed by atoms with E-state index in [1.54, 1.807) is 27.8 Å². The van der Waals surface area contributed by atoms with Crippen LogP contribution in [0.2, 0.25) is 0 Å². The summed E-state index contributed by atoms with van der Waals surface area (Å²) in [6, 6.07) is 0. The van der Waals surface area contributed by atoms with Crippen molar-refractivity contribution in [3.8, 4) is 12.3 Å². The smallest absolute Gasteiger partial charge is 0.422 e. The highest BCUT2D eigenvalue weighted by atomic mass is 16.6. The second-order valence-corrected chi connectivity index (χ2v) is 3.67. The number of carbonyl (C=O) groups is 1. The molecule has 0 aromatic heterocycles.